The Bertz CT molecular complexity index is 1010. The molecule has 0 radical (unpaired) electrons. The van der Waals surface area contributed by atoms with E-state index in [0.29, 0.717) is 30.1 Å². The Morgan fingerprint density at radius 1 is 1.09 bits per heavy atom. The summed E-state index contributed by atoms with van der Waals surface area (Å²) >= 11 is 0. The third-order valence-corrected chi connectivity index (χ3v) is 8.47. The van der Waals surface area contributed by atoms with Gasteiger partial charge in [-0.05, 0) is 62.6 Å². The zero-order chi connectivity index (χ0) is 23.4. The molecule has 34 heavy (non-hydrogen) atoms. The van der Waals surface area contributed by atoms with E-state index in [2.05, 4.69) is 33.4 Å². The highest BCUT2D eigenvalue weighted by Crippen LogP contribution is 2.39. The van der Waals surface area contributed by atoms with Crippen LogP contribution in [0, 0.1) is 5.92 Å². The molecule has 6 rings (SSSR count). The Morgan fingerprint density at radius 3 is 2.62 bits per heavy atom. The van der Waals surface area contributed by atoms with Crippen molar-refractivity contribution in [1.82, 2.24) is 20.4 Å². The van der Waals surface area contributed by atoms with Crippen molar-refractivity contribution in [3.05, 3.63) is 29.3 Å². The number of hydrogen-bond donors (Lipinski definition) is 2. The van der Waals surface area contributed by atoms with Crippen LogP contribution in [0.25, 0.3) is 0 Å². The number of piperazine rings is 1. The number of carbonyl (C=O) groups is 3. The Balaban J connectivity index is 1.07. The van der Waals surface area contributed by atoms with Crippen LogP contribution >= 0.6 is 0 Å². The van der Waals surface area contributed by atoms with Crippen LogP contribution in [0.1, 0.15) is 61.4 Å². The lowest BCUT2D eigenvalue weighted by Gasteiger charge is -2.41. The molecule has 1 aliphatic carbocycles. The molecule has 4 aliphatic heterocycles. The van der Waals surface area contributed by atoms with E-state index in [-0.39, 0.29) is 24.1 Å². The Hall–Kier alpha value is -2.45. The molecule has 1 aromatic rings. The van der Waals surface area contributed by atoms with Gasteiger partial charge in [-0.2, -0.15) is 0 Å². The van der Waals surface area contributed by atoms with Gasteiger partial charge in [-0.15, -0.1) is 0 Å². The van der Waals surface area contributed by atoms with Gasteiger partial charge in [0.05, 0.1) is 0 Å². The van der Waals surface area contributed by atoms with Gasteiger partial charge in [0.25, 0.3) is 5.91 Å². The van der Waals surface area contributed by atoms with E-state index in [4.69, 9.17) is 0 Å². The van der Waals surface area contributed by atoms with E-state index < -0.39 is 6.04 Å². The highest BCUT2D eigenvalue weighted by atomic mass is 16.2. The number of imide groups is 1. The Kier molecular flexibility index (Phi) is 5.41. The van der Waals surface area contributed by atoms with E-state index in [9.17, 15) is 14.4 Å². The van der Waals surface area contributed by atoms with Crippen molar-refractivity contribution in [2.45, 2.75) is 69.6 Å². The minimum atomic E-state index is -0.556. The zero-order valence-electron chi connectivity index (χ0n) is 20.0. The molecule has 3 saturated heterocycles. The van der Waals surface area contributed by atoms with Gasteiger partial charge in [0.2, 0.25) is 11.8 Å². The minimum Gasteiger partial charge on any atom is -0.371 e. The topological polar surface area (TPSA) is 85.0 Å². The fourth-order valence-electron chi connectivity index (χ4n) is 6.56. The maximum atomic E-state index is 13.1. The summed E-state index contributed by atoms with van der Waals surface area (Å²) in [5.41, 5.74) is 3.18. The molecular formula is C26H35N5O3. The molecule has 1 aromatic carbocycles. The molecule has 4 fully saturated rings. The molecule has 182 valence electrons. The van der Waals surface area contributed by atoms with Crippen molar-refractivity contribution in [3.8, 4) is 0 Å². The van der Waals surface area contributed by atoms with Crippen molar-refractivity contribution >= 4 is 23.4 Å². The fraction of sp³-hybridized carbons (Fsp3) is 0.654. The Labute approximate surface area is 201 Å². The molecule has 5 aliphatic rings. The molecule has 1 unspecified atom stereocenters. The number of carbonyl (C=O) groups excluding carboxylic acids is 3. The summed E-state index contributed by atoms with van der Waals surface area (Å²) in [6.07, 6.45) is 5.69. The number of piperidine rings is 2. The predicted molar refractivity (Wildman–Crippen MR) is 128 cm³/mol. The molecule has 1 spiro atoms. The van der Waals surface area contributed by atoms with Gasteiger partial charge in [0.1, 0.15) is 6.04 Å². The summed E-state index contributed by atoms with van der Waals surface area (Å²) < 4.78 is 0. The maximum Gasteiger partial charge on any atom is 0.255 e. The summed E-state index contributed by atoms with van der Waals surface area (Å²) in [5.74, 6) is 0.0280. The minimum absolute atomic E-state index is 0.0944. The summed E-state index contributed by atoms with van der Waals surface area (Å²) in [7, 11) is 0. The summed E-state index contributed by atoms with van der Waals surface area (Å²) in [5, 5.41) is 6.17. The number of benzene rings is 1. The normalized spacial score (nSPS) is 29.5. The van der Waals surface area contributed by atoms with Gasteiger partial charge in [0.15, 0.2) is 0 Å². The SMILES string of the molecule is C[C@@H]1CN(CC2CCN(c3ccc4c(c3)C(=O)N(C3CCC(=O)NC3=O)C4)CC2)CC2(CC2)N1. The molecule has 2 N–H and O–H groups in total. The van der Waals surface area contributed by atoms with Gasteiger partial charge in [-0.25, -0.2) is 0 Å². The van der Waals surface area contributed by atoms with Gasteiger partial charge < -0.3 is 15.1 Å². The number of nitrogens with zero attached hydrogens (tertiary/aromatic N) is 3. The average Bonchev–Trinajstić information content (AvgIpc) is 3.46. The molecule has 3 amide bonds. The van der Waals surface area contributed by atoms with Gasteiger partial charge >= 0.3 is 0 Å². The summed E-state index contributed by atoms with van der Waals surface area (Å²) in [6, 6.07) is 6.20. The van der Waals surface area contributed by atoms with Crippen LogP contribution in [0.3, 0.4) is 0 Å². The molecule has 4 heterocycles. The van der Waals surface area contributed by atoms with Gasteiger partial charge in [0, 0.05) is 68.5 Å². The fourth-order valence-corrected chi connectivity index (χ4v) is 6.56. The predicted octanol–water partition coefficient (Wildman–Crippen LogP) is 1.49. The highest BCUT2D eigenvalue weighted by molar-refractivity contribution is 6.05. The van der Waals surface area contributed by atoms with E-state index >= 15 is 0 Å². The van der Waals surface area contributed by atoms with E-state index in [1.807, 2.05) is 12.1 Å². The van der Waals surface area contributed by atoms with Crippen LogP contribution < -0.4 is 15.5 Å². The Morgan fingerprint density at radius 2 is 1.88 bits per heavy atom. The molecule has 1 saturated carbocycles. The van der Waals surface area contributed by atoms with Crippen molar-refractivity contribution in [1.29, 1.82) is 0 Å². The second-order valence-electron chi connectivity index (χ2n) is 11.2. The molecule has 2 atom stereocenters. The first-order valence-electron chi connectivity index (χ1n) is 12.9. The number of rotatable bonds is 4. The van der Waals surface area contributed by atoms with E-state index in [0.717, 1.165) is 36.8 Å². The lowest BCUT2D eigenvalue weighted by atomic mass is 9.94. The van der Waals surface area contributed by atoms with Crippen LogP contribution in [0.15, 0.2) is 18.2 Å². The lowest BCUT2D eigenvalue weighted by molar-refractivity contribution is -0.136. The van der Waals surface area contributed by atoms with E-state index in [1.165, 1.54) is 38.8 Å². The number of nitrogens with one attached hydrogen (secondary N) is 2. The second kappa shape index (κ2) is 8.34. The quantitative estimate of drug-likeness (QED) is 0.656. The first-order chi connectivity index (χ1) is 16.4. The van der Waals surface area contributed by atoms with Gasteiger partial charge in [-0.1, -0.05) is 6.07 Å². The van der Waals surface area contributed by atoms with Crippen LogP contribution in [-0.2, 0) is 16.1 Å². The van der Waals surface area contributed by atoms with Crippen molar-refractivity contribution in [2.24, 2.45) is 5.92 Å². The molecule has 0 aromatic heterocycles. The smallest absolute Gasteiger partial charge is 0.255 e. The van der Waals surface area contributed by atoms with Crippen LogP contribution in [0.2, 0.25) is 0 Å². The first kappa shape index (κ1) is 22.0. The van der Waals surface area contributed by atoms with E-state index in [1.54, 1.807) is 4.90 Å². The lowest BCUT2D eigenvalue weighted by Crippen LogP contribution is -2.58. The van der Waals surface area contributed by atoms with Crippen LogP contribution in [0.5, 0.6) is 0 Å². The van der Waals surface area contributed by atoms with Crippen molar-refractivity contribution in [2.75, 3.05) is 37.6 Å². The van der Waals surface area contributed by atoms with Crippen LogP contribution in [-0.4, -0.2) is 77.9 Å². The molecule has 8 heteroatoms. The largest absolute Gasteiger partial charge is 0.371 e. The number of amides is 3. The summed E-state index contributed by atoms with van der Waals surface area (Å²) in [4.78, 5) is 43.6. The number of anilines is 1. The van der Waals surface area contributed by atoms with Crippen molar-refractivity contribution < 1.29 is 14.4 Å². The van der Waals surface area contributed by atoms with Crippen LogP contribution in [0.4, 0.5) is 5.69 Å². The maximum absolute atomic E-state index is 13.1. The molecule has 0 bridgehead atoms. The monoisotopic (exact) mass is 465 g/mol. The third kappa shape index (κ3) is 4.11. The third-order valence-electron chi connectivity index (χ3n) is 8.47. The van der Waals surface area contributed by atoms with Crippen molar-refractivity contribution in [3.63, 3.8) is 0 Å². The summed E-state index contributed by atoms with van der Waals surface area (Å²) in [6.45, 7) is 8.33. The second-order valence-corrected chi connectivity index (χ2v) is 11.2. The zero-order valence-corrected chi connectivity index (χ0v) is 20.0. The average molecular weight is 466 g/mol. The number of hydrogen-bond acceptors (Lipinski definition) is 6. The number of fused-ring (bicyclic) bond motifs is 1. The standard InChI is InChI=1S/C26H35N5O3/c1-17-13-29(16-26(28-17)8-9-26)14-18-6-10-30(11-7-18)20-3-2-19-15-31(25(34)21(19)12-20)22-4-5-23(32)27-24(22)33/h2-3,12,17-18,22,28H,4-11,13-16H2,1H3,(H,27,32,33)/t17-,22?/m1/s1. The highest BCUT2D eigenvalue weighted by Gasteiger charge is 2.47. The molecular weight excluding hydrogens is 430 g/mol. The first-order valence-corrected chi connectivity index (χ1v) is 12.9. The molecule has 8 nitrogen and oxygen atoms in total. The van der Waals surface area contributed by atoms with Gasteiger partial charge in [-0.3, -0.25) is 24.6 Å².